The third kappa shape index (κ3) is 2.79. The zero-order valence-electron chi connectivity index (χ0n) is 12.2. The SMILES string of the molecule is O=C(Cc1ccc(Br)cc1)N1CC(n2cc(C3CC3)nn2)C1. The maximum atomic E-state index is 12.2. The Balaban J connectivity index is 1.32. The van der Waals surface area contributed by atoms with Crippen molar-refractivity contribution in [2.75, 3.05) is 13.1 Å². The monoisotopic (exact) mass is 360 g/mol. The summed E-state index contributed by atoms with van der Waals surface area (Å²) < 4.78 is 2.96. The minimum Gasteiger partial charge on any atom is -0.338 e. The van der Waals surface area contributed by atoms with Crippen molar-refractivity contribution in [2.24, 2.45) is 0 Å². The fraction of sp³-hybridized carbons (Fsp3) is 0.438. The van der Waals surface area contributed by atoms with E-state index in [9.17, 15) is 4.79 Å². The Morgan fingerprint density at radius 3 is 2.64 bits per heavy atom. The van der Waals surface area contributed by atoms with Crippen LogP contribution in [-0.4, -0.2) is 38.9 Å². The number of amides is 1. The predicted octanol–water partition coefficient (Wildman–Crippen LogP) is 2.54. The zero-order chi connectivity index (χ0) is 15.1. The Bertz CT molecular complexity index is 686. The fourth-order valence-corrected chi connectivity index (χ4v) is 3.01. The smallest absolute Gasteiger partial charge is 0.227 e. The first-order valence-electron chi connectivity index (χ1n) is 7.63. The molecule has 1 amide bonds. The Kier molecular flexibility index (Phi) is 3.48. The van der Waals surface area contributed by atoms with Crippen LogP contribution < -0.4 is 0 Å². The second-order valence-electron chi connectivity index (χ2n) is 6.15. The summed E-state index contributed by atoms with van der Waals surface area (Å²) in [5.74, 6) is 0.810. The first-order valence-corrected chi connectivity index (χ1v) is 8.42. The minimum absolute atomic E-state index is 0.182. The van der Waals surface area contributed by atoms with Crippen molar-refractivity contribution in [3.8, 4) is 0 Å². The molecular formula is C16H17BrN4O. The van der Waals surface area contributed by atoms with Gasteiger partial charge in [0.2, 0.25) is 5.91 Å². The van der Waals surface area contributed by atoms with Crippen LogP contribution in [0.25, 0.3) is 0 Å². The van der Waals surface area contributed by atoms with Crippen molar-refractivity contribution in [2.45, 2.75) is 31.2 Å². The van der Waals surface area contributed by atoms with E-state index in [0.29, 0.717) is 12.3 Å². The molecule has 0 unspecified atom stereocenters. The molecule has 0 radical (unpaired) electrons. The summed E-state index contributed by atoms with van der Waals surface area (Å²) in [6.45, 7) is 1.48. The lowest BCUT2D eigenvalue weighted by molar-refractivity contribution is -0.136. The highest BCUT2D eigenvalue weighted by atomic mass is 79.9. The second-order valence-corrected chi connectivity index (χ2v) is 7.07. The van der Waals surface area contributed by atoms with E-state index < -0.39 is 0 Å². The van der Waals surface area contributed by atoms with Gasteiger partial charge in [0, 0.05) is 29.7 Å². The van der Waals surface area contributed by atoms with Gasteiger partial charge in [-0.15, -0.1) is 5.10 Å². The van der Waals surface area contributed by atoms with Gasteiger partial charge >= 0.3 is 0 Å². The van der Waals surface area contributed by atoms with Gasteiger partial charge in [-0.3, -0.25) is 4.79 Å². The van der Waals surface area contributed by atoms with Gasteiger partial charge in [0.25, 0.3) is 0 Å². The summed E-state index contributed by atoms with van der Waals surface area (Å²) >= 11 is 3.40. The zero-order valence-corrected chi connectivity index (χ0v) is 13.7. The minimum atomic E-state index is 0.182. The van der Waals surface area contributed by atoms with Gasteiger partial charge < -0.3 is 4.90 Å². The molecule has 2 aromatic rings. The van der Waals surface area contributed by atoms with Crippen LogP contribution in [0.1, 0.15) is 36.1 Å². The van der Waals surface area contributed by atoms with Crippen LogP contribution in [0.2, 0.25) is 0 Å². The summed E-state index contributed by atoms with van der Waals surface area (Å²) in [5, 5.41) is 8.44. The van der Waals surface area contributed by atoms with Crippen LogP contribution in [0, 0.1) is 0 Å². The van der Waals surface area contributed by atoms with Gasteiger partial charge in [-0.25, -0.2) is 4.68 Å². The molecule has 0 atom stereocenters. The van der Waals surface area contributed by atoms with E-state index in [-0.39, 0.29) is 11.9 Å². The molecule has 0 bridgehead atoms. The molecule has 22 heavy (non-hydrogen) atoms. The van der Waals surface area contributed by atoms with Gasteiger partial charge in [0.1, 0.15) is 0 Å². The highest BCUT2D eigenvalue weighted by Gasteiger charge is 2.34. The third-order valence-electron chi connectivity index (χ3n) is 4.38. The molecule has 6 heteroatoms. The Hall–Kier alpha value is -1.69. The Morgan fingerprint density at radius 2 is 1.95 bits per heavy atom. The number of hydrogen-bond acceptors (Lipinski definition) is 3. The lowest BCUT2D eigenvalue weighted by Gasteiger charge is -2.39. The molecule has 1 aliphatic carbocycles. The van der Waals surface area contributed by atoms with Crippen molar-refractivity contribution >= 4 is 21.8 Å². The molecule has 2 fully saturated rings. The standard InChI is InChI=1S/C16H17BrN4O/c17-13-5-1-11(2-6-13)7-16(22)20-8-14(9-20)21-10-15(18-19-21)12-3-4-12/h1-2,5-6,10,12,14H,3-4,7-9H2. The van der Waals surface area contributed by atoms with Crippen molar-refractivity contribution in [3.63, 3.8) is 0 Å². The lowest BCUT2D eigenvalue weighted by atomic mass is 10.1. The number of benzene rings is 1. The van der Waals surface area contributed by atoms with Crippen LogP contribution in [0.15, 0.2) is 34.9 Å². The highest BCUT2D eigenvalue weighted by molar-refractivity contribution is 9.10. The van der Waals surface area contributed by atoms with E-state index >= 15 is 0 Å². The first-order chi connectivity index (χ1) is 10.7. The van der Waals surface area contributed by atoms with E-state index in [1.807, 2.05) is 33.8 Å². The Morgan fingerprint density at radius 1 is 1.23 bits per heavy atom. The van der Waals surface area contributed by atoms with E-state index in [1.54, 1.807) is 0 Å². The maximum Gasteiger partial charge on any atom is 0.227 e. The molecule has 1 aromatic carbocycles. The van der Waals surface area contributed by atoms with Gasteiger partial charge in [-0.2, -0.15) is 0 Å². The molecular weight excluding hydrogens is 344 g/mol. The van der Waals surface area contributed by atoms with Gasteiger partial charge in [0.05, 0.1) is 18.2 Å². The summed E-state index contributed by atoms with van der Waals surface area (Å²) in [7, 11) is 0. The average Bonchev–Trinajstić information content (AvgIpc) is 3.20. The molecule has 4 rings (SSSR count). The normalized spacial score (nSPS) is 18.3. The average molecular weight is 361 g/mol. The number of carbonyl (C=O) groups excluding carboxylic acids is 1. The quantitative estimate of drug-likeness (QED) is 0.841. The van der Waals surface area contributed by atoms with Crippen molar-refractivity contribution < 1.29 is 4.79 Å². The van der Waals surface area contributed by atoms with Crippen LogP contribution in [0.3, 0.4) is 0 Å². The number of carbonyl (C=O) groups is 1. The van der Waals surface area contributed by atoms with Crippen LogP contribution in [0.5, 0.6) is 0 Å². The van der Waals surface area contributed by atoms with Crippen LogP contribution in [-0.2, 0) is 11.2 Å². The number of nitrogens with zero attached hydrogens (tertiary/aromatic N) is 4. The van der Waals surface area contributed by atoms with E-state index in [0.717, 1.165) is 28.8 Å². The van der Waals surface area contributed by atoms with Crippen molar-refractivity contribution in [3.05, 3.63) is 46.2 Å². The van der Waals surface area contributed by atoms with Gasteiger partial charge in [-0.05, 0) is 30.5 Å². The third-order valence-corrected chi connectivity index (χ3v) is 4.91. The molecule has 1 aromatic heterocycles. The predicted molar refractivity (Wildman–Crippen MR) is 85.5 cm³/mol. The molecule has 2 heterocycles. The molecule has 1 aliphatic heterocycles. The number of halogens is 1. The van der Waals surface area contributed by atoms with Crippen LogP contribution in [0.4, 0.5) is 0 Å². The number of likely N-dealkylation sites (tertiary alicyclic amines) is 1. The summed E-state index contributed by atoms with van der Waals surface area (Å²) in [6, 6.07) is 8.19. The van der Waals surface area contributed by atoms with Crippen molar-refractivity contribution in [1.29, 1.82) is 0 Å². The lowest BCUT2D eigenvalue weighted by Crippen LogP contribution is -2.51. The number of rotatable bonds is 4. The summed E-state index contributed by atoms with van der Waals surface area (Å²) in [5.41, 5.74) is 2.16. The number of hydrogen-bond donors (Lipinski definition) is 0. The topological polar surface area (TPSA) is 51.0 Å². The first kappa shape index (κ1) is 13.9. The Labute approximate surface area is 137 Å². The highest BCUT2D eigenvalue weighted by Crippen LogP contribution is 2.39. The van der Waals surface area contributed by atoms with E-state index in [2.05, 4.69) is 32.4 Å². The molecule has 1 saturated carbocycles. The largest absolute Gasteiger partial charge is 0.338 e. The molecule has 0 spiro atoms. The van der Waals surface area contributed by atoms with Crippen LogP contribution >= 0.6 is 15.9 Å². The molecule has 2 aliphatic rings. The summed E-state index contributed by atoms with van der Waals surface area (Å²) in [6.07, 6.45) is 4.99. The molecule has 114 valence electrons. The van der Waals surface area contributed by atoms with Crippen molar-refractivity contribution in [1.82, 2.24) is 19.9 Å². The molecule has 1 saturated heterocycles. The van der Waals surface area contributed by atoms with E-state index in [1.165, 1.54) is 12.8 Å². The number of aromatic nitrogens is 3. The maximum absolute atomic E-state index is 12.2. The molecule has 0 N–H and O–H groups in total. The summed E-state index contributed by atoms with van der Waals surface area (Å²) in [4.78, 5) is 14.1. The van der Waals surface area contributed by atoms with E-state index in [4.69, 9.17) is 0 Å². The van der Waals surface area contributed by atoms with Gasteiger partial charge in [-0.1, -0.05) is 33.3 Å². The molecule has 5 nitrogen and oxygen atoms in total. The fourth-order valence-electron chi connectivity index (χ4n) is 2.75. The van der Waals surface area contributed by atoms with Gasteiger partial charge in [0.15, 0.2) is 0 Å². The second kappa shape index (κ2) is 5.50.